The highest BCUT2D eigenvalue weighted by molar-refractivity contribution is 7.99. The summed E-state index contributed by atoms with van der Waals surface area (Å²) in [7, 11) is 0. The molecular formula is C28H32F3N5O3S. The van der Waals surface area contributed by atoms with Crippen LogP contribution < -0.4 is 16.0 Å². The zero-order valence-corrected chi connectivity index (χ0v) is 22.7. The Hall–Kier alpha value is -3.67. The molecule has 2 heterocycles. The smallest absolute Gasteiger partial charge is 0.416 e. The van der Waals surface area contributed by atoms with Crippen LogP contribution >= 0.6 is 11.8 Å². The van der Waals surface area contributed by atoms with E-state index in [0.29, 0.717) is 42.9 Å². The van der Waals surface area contributed by atoms with Crippen molar-refractivity contribution >= 4 is 46.0 Å². The summed E-state index contributed by atoms with van der Waals surface area (Å²) in [5.74, 6) is 0.331. The third kappa shape index (κ3) is 7.50. The van der Waals surface area contributed by atoms with Gasteiger partial charge in [-0.2, -0.15) is 13.2 Å². The van der Waals surface area contributed by atoms with Gasteiger partial charge in [-0.1, -0.05) is 18.9 Å². The fourth-order valence-electron chi connectivity index (χ4n) is 4.68. The minimum absolute atomic E-state index is 0.346. The normalized spacial score (nSPS) is 14.0. The van der Waals surface area contributed by atoms with Gasteiger partial charge in [-0.3, -0.25) is 9.78 Å². The van der Waals surface area contributed by atoms with Crippen LogP contribution in [-0.2, 0) is 6.18 Å². The van der Waals surface area contributed by atoms with E-state index in [2.05, 4.69) is 10.3 Å². The van der Waals surface area contributed by atoms with Gasteiger partial charge < -0.3 is 26.0 Å². The average molecular weight is 576 g/mol. The monoisotopic (exact) mass is 575 g/mol. The molecule has 1 saturated heterocycles. The Kier molecular flexibility index (Phi) is 9.62. The number of carbonyl (C=O) groups excluding carboxylic acids is 1. The van der Waals surface area contributed by atoms with E-state index in [1.165, 1.54) is 11.0 Å². The standard InChI is InChI=1S/C28H32F3N5O3S/c29-28(30,31)19-5-7-21-23(17-19)34-11-9-25(21)40-16-4-2-1-3-10-33-20-6-8-24(22(18-20)26(32)37)35-12-14-36(15-13-35)27(38)39/h5-9,11,17-18,33H,1-4,10,12-16H2,(H2,32,37)(H,38,39). The van der Waals surface area contributed by atoms with E-state index in [1.54, 1.807) is 24.0 Å². The Bertz CT molecular complexity index is 1350. The third-order valence-corrected chi connectivity index (χ3v) is 8.00. The number of alkyl halides is 3. The van der Waals surface area contributed by atoms with Gasteiger partial charge in [0.1, 0.15) is 0 Å². The number of carboxylic acid groups (broad SMARTS) is 1. The predicted molar refractivity (Wildman–Crippen MR) is 151 cm³/mol. The number of thioether (sulfide) groups is 1. The van der Waals surface area contributed by atoms with Gasteiger partial charge in [-0.25, -0.2) is 4.79 Å². The lowest BCUT2D eigenvalue weighted by atomic mass is 10.1. The molecule has 214 valence electrons. The molecule has 4 N–H and O–H groups in total. The summed E-state index contributed by atoms with van der Waals surface area (Å²) in [4.78, 5) is 31.6. The van der Waals surface area contributed by atoms with Gasteiger partial charge in [0.2, 0.25) is 0 Å². The van der Waals surface area contributed by atoms with Gasteiger partial charge in [0.05, 0.1) is 16.6 Å². The predicted octanol–water partition coefficient (Wildman–Crippen LogP) is 5.92. The number of amides is 2. The first kappa shape index (κ1) is 29.3. The number of nitrogens with zero attached hydrogens (tertiary/aromatic N) is 3. The Balaban J connectivity index is 1.19. The van der Waals surface area contributed by atoms with Crippen LogP contribution in [0.25, 0.3) is 10.9 Å². The number of fused-ring (bicyclic) bond motifs is 1. The first-order valence-corrected chi connectivity index (χ1v) is 14.1. The second-order valence-electron chi connectivity index (χ2n) is 9.58. The quantitative estimate of drug-likeness (QED) is 0.192. The molecule has 0 radical (unpaired) electrons. The molecule has 4 rings (SSSR count). The molecule has 0 bridgehead atoms. The molecule has 8 nitrogen and oxygen atoms in total. The molecule has 1 aromatic heterocycles. The lowest BCUT2D eigenvalue weighted by molar-refractivity contribution is -0.137. The summed E-state index contributed by atoms with van der Waals surface area (Å²) in [6, 6.07) is 11.0. The van der Waals surface area contributed by atoms with E-state index in [9.17, 15) is 22.8 Å². The zero-order valence-electron chi connectivity index (χ0n) is 21.9. The SMILES string of the molecule is NC(=O)c1cc(NCCCCCCSc2ccnc3cc(C(F)(F)F)ccc23)ccc1N1CCN(C(=O)O)CC1. The third-order valence-electron chi connectivity index (χ3n) is 6.84. The fourth-order valence-corrected chi connectivity index (χ4v) is 5.73. The Morgan fingerprint density at radius 3 is 2.45 bits per heavy atom. The average Bonchev–Trinajstić information content (AvgIpc) is 2.93. The number of benzene rings is 2. The van der Waals surface area contributed by atoms with E-state index < -0.39 is 23.7 Å². The summed E-state index contributed by atoms with van der Waals surface area (Å²) in [5.41, 5.74) is 7.21. The minimum atomic E-state index is -4.39. The number of nitrogens with two attached hydrogens (primary N) is 1. The van der Waals surface area contributed by atoms with Crippen molar-refractivity contribution in [2.45, 2.75) is 36.8 Å². The van der Waals surface area contributed by atoms with Gasteiger partial charge in [0.25, 0.3) is 5.91 Å². The van der Waals surface area contributed by atoms with Crippen molar-refractivity contribution in [3.05, 3.63) is 59.8 Å². The number of unbranched alkanes of at least 4 members (excludes halogenated alkanes) is 3. The first-order valence-electron chi connectivity index (χ1n) is 13.1. The number of nitrogens with one attached hydrogen (secondary N) is 1. The number of anilines is 2. The molecule has 1 aliphatic rings. The van der Waals surface area contributed by atoms with E-state index in [-0.39, 0.29) is 0 Å². The number of piperazine rings is 1. The molecule has 0 unspecified atom stereocenters. The largest absolute Gasteiger partial charge is 0.465 e. The van der Waals surface area contributed by atoms with Crippen LogP contribution in [0.5, 0.6) is 0 Å². The van der Waals surface area contributed by atoms with Crippen molar-refractivity contribution in [2.24, 2.45) is 5.73 Å². The van der Waals surface area contributed by atoms with Gasteiger partial charge in [-0.15, -0.1) is 11.8 Å². The fraction of sp³-hybridized carbons (Fsp3) is 0.393. The van der Waals surface area contributed by atoms with Crippen molar-refractivity contribution in [2.75, 3.05) is 48.7 Å². The Labute approximate surface area is 234 Å². The molecule has 1 fully saturated rings. The molecule has 0 spiro atoms. The summed E-state index contributed by atoms with van der Waals surface area (Å²) in [6.07, 6.45) is 0.159. The highest BCUT2D eigenvalue weighted by Crippen LogP contribution is 2.34. The van der Waals surface area contributed by atoms with Crippen LogP contribution in [-0.4, -0.2) is 65.5 Å². The van der Waals surface area contributed by atoms with Crippen LogP contribution in [0.3, 0.4) is 0 Å². The topological polar surface area (TPSA) is 112 Å². The maximum absolute atomic E-state index is 13.0. The number of rotatable bonds is 11. The van der Waals surface area contributed by atoms with E-state index in [0.717, 1.165) is 66.1 Å². The number of carbonyl (C=O) groups is 2. The van der Waals surface area contributed by atoms with Crippen LogP contribution in [0.15, 0.2) is 53.6 Å². The zero-order chi connectivity index (χ0) is 28.7. The van der Waals surface area contributed by atoms with Crippen molar-refractivity contribution in [1.82, 2.24) is 9.88 Å². The van der Waals surface area contributed by atoms with Crippen molar-refractivity contribution < 1.29 is 27.9 Å². The van der Waals surface area contributed by atoms with Gasteiger partial charge >= 0.3 is 12.3 Å². The molecular weight excluding hydrogens is 543 g/mol. The molecule has 0 saturated carbocycles. The van der Waals surface area contributed by atoms with Crippen LogP contribution in [0, 0.1) is 0 Å². The molecule has 0 atom stereocenters. The highest BCUT2D eigenvalue weighted by Gasteiger charge is 2.30. The highest BCUT2D eigenvalue weighted by atomic mass is 32.2. The molecule has 2 aromatic carbocycles. The van der Waals surface area contributed by atoms with Crippen molar-refractivity contribution in [3.8, 4) is 0 Å². The van der Waals surface area contributed by atoms with E-state index in [1.807, 2.05) is 23.1 Å². The minimum Gasteiger partial charge on any atom is -0.465 e. The Morgan fingerprint density at radius 2 is 1.75 bits per heavy atom. The molecule has 40 heavy (non-hydrogen) atoms. The number of primary amides is 1. The summed E-state index contributed by atoms with van der Waals surface area (Å²) >= 11 is 1.63. The molecule has 3 aromatic rings. The summed E-state index contributed by atoms with van der Waals surface area (Å²) < 4.78 is 38.9. The molecule has 1 aliphatic heterocycles. The lowest BCUT2D eigenvalue weighted by Gasteiger charge is -2.35. The molecule has 2 amide bonds. The molecule has 12 heteroatoms. The van der Waals surface area contributed by atoms with Crippen LogP contribution in [0.4, 0.5) is 29.3 Å². The number of halogens is 3. The second kappa shape index (κ2) is 13.1. The molecule has 0 aliphatic carbocycles. The summed E-state index contributed by atoms with van der Waals surface area (Å²) in [5, 5.41) is 13.2. The summed E-state index contributed by atoms with van der Waals surface area (Å²) in [6.45, 7) is 2.46. The van der Waals surface area contributed by atoms with Gasteiger partial charge in [-0.05, 0) is 55.0 Å². The van der Waals surface area contributed by atoms with Crippen LogP contribution in [0.2, 0.25) is 0 Å². The van der Waals surface area contributed by atoms with E-state index in [4.69, 9.17) is 10.8 Å². The number of hydrogen-bond donors (Lipinski definition) is 3. The van der Waals surface area contributed by atoms with Gasteiger partial charge in [0.15, 0.2) is 0 Å². The van der Waals surface area contributed by atoms with Crippen molar-refractivity contribution in [3.63, 3.8) is 0 Å². The number of pyridine rings is 1. The van der Waals surface area contributed by atoms with Gasteiger partial charge in [0, 0.05) is 60.6 Å². The lowest BCUT2D eigenvalue weighted by Crippen LogP contribution is -2.48. The van der Waals surface area contributed by atoms with Crippen molar-refractivity contribution in [1.29, 1.82) is 0 Å². The second-order valence-corrected chi connectivity index (χ2v) is 10.7. The first-order chi connectivity index (χ1) is 19.1. The van der Waals surface area contributed by atoms with E-state index >= 15 is 0 Å². The maximum Gasteiger partial charge on any atom is 0.416 e. The number of hydrogen-bond acceptors (Lipinski definition) is 6. The van der Waals surface area contributed by atoms with Crippen LogP contribution in [0.1, 0.15) is 41.6 Å². The number of aromatic nitrogens is 1. The Morgan fingerprint density at radius 1 is 1.00 bits per heavy atom. The maximum atomic E-state index is 13.0.